The van der Waals surface area contributed by atoms with Gasteiger partial charge in [-0.15, -0.1) is 0 Å². The van der Waals surface area contributed by atoms with Gasteiger partial charge < -0.3 is 23.7 Å². The highest BCUT2D eigenvalue weighted by Crippen LogP contribution is 2.28. The van der Waals surface area contributed by atoms with Gasteiger partial charge in [-0.25, -0.2) is 14.4 Å². The summed E-state index contributed by atoms with van der Waals surface area (Å²) in [6.45, 7) is -0.250. The van der Waals surface area contributed by atoms with Crippen LogP contribution >= 0.6 is 0 Å². The van der Waals surface area contributed by atoms with Crippen molar-refractivity contribution in [2.75, 3.05) is 13.7 Å². The van der Waals surface area contributed by atoms with Crippen molar-refractivity contribution in [3.05, 3.63) is 108 Å². The lowest BCUT2D eigenvalue weighted by molar-refractivity contribution is -0.248. The van der Waals surface area contributed by atoms with Crippen molar-refractivity contribution >= 4 is 17.9 Å². The first-order valence-corrected chi connectivity index (χ1v) is 11.5. The van der Waals surface area contributed by atoms with Crippen molar-refractivity contribution in [2.45, 2.75) is 31.0 Å². The van der Waals surface area contributed by atoms with Gasteiger partial charge in [0.05, 0.1) is 16.7 Å². The molecular weight excluding hydrogens is 464 g/mol. The van der Waals surface area contributed by atoms with E-state index in [1.165, 1.54) is 7.11 Å². The van der Waals surface area contributed by atoms with Gasteiger partial charge in [0.25, 0.3) is 0 Å². The maximum absolute atomic E-state index is 12.9. The lowest BCUT2D eigenvalue weighted by Crippen LogP contribution is -2.54. The number of benzene rings is 3. The molecule has 4 rings (SSSR count). The van der Waals surface area contributed by atoms with Crippen molar-refractivity contribution in [3.8, 4) is 0 Å². The fraction of sp³-hybridized carbons (Fsp3) is 0.250. The number of carbonyl (C=O) groups excluding carboxylic acids is 3. The van der Waals surface area contributed by atoms with Gasteiger partial charge in [0.15, 0.2) is 12.4 Å². The predicted octanol–water partition coefficient (Wildman–Crippen LogP) is 4.06. The predicted molar refractivity (Wildman–Crippen MR) is 128 cm³/mol. The summed E-state index contributed by atoms with van der Waals surface area (Å²) in [4.78, 5) is 38.3. The molecule has 0 unspecified atom stereocenters. The third-order valence-electron chi connectivity index (χ3n) is 5.66. The number of hydrogen-bond donors (Lipinski definition) is 0. The average molecular weight is 491 g/mol. The number of carbonyl (C=O) groups is 3. The second-order valence-electron chi connectivity index (χ2n) is 8.09. The van der Waals surface area contributed by atoms with Crippen LogP contribution in [-0.2, 0) is 23.7 Å². The van der Waals surface area contributed by atoms with Crippen LogP contribution in [0.3, 0.4) is 0 Å². The summed E-state index contributed by atoms with van der Waals surface area (Å²) >= 11 is 0. The minimum absolute atomic E-state index is 0.116. The zero-order valence-corrected chi connectivity index (χ0v) is 19.6. The number of hydrogen-bond acceptors (Lipinski definition) is 8. The molecule has 0 bridgehead atoms. The molecule has 4 atom stereocenters. The summed E-state index contributed by atoms with van der Waals surface area (Å²) in [5, 5.41) is 0. The van der Waals surface area contributed by atoms with Crippen molar-refractivity contribution in [1.29, 1.82) is 0 Å². The van der Waals surface area contributed by atoms with E-state index in [-0.39, 0.29) is 13.0 Å². The van der Waals surface area contributed by atoms with Gasteiger partial charge in [-0.3, -0.25) is 0 Å². The molecule has 0 N–H and O–H groups in total. The third kappa shape index (κ3) is 6.35. The van der Waals surface area contributed by atoms with Crippen molar-refractivity contribution in [3.63, 3.8) is 0 Å². The molecule has 1 aliphatic heterocycles. The van der Waals surface area contributed by atoms with E-state index in [0.29, 0.717) is 16.7 Å². The molecule has 0 aliphatic carbocycles. The summed E-state index contributed by atoms with van der Waals surface area (Å²) in [7, 11) is 1.45. The molecule has 3 aromatic rings. The molecule has 0 amide bonds. The van der Waals surface area contributed by atoms with Crippen molar-refractivity contribution in [2.24, 2.45) is 0 Å². The molecule has 8 heteroatoms. The molecule has 1 heterocycles. The molecular formula is C28H26O8. The SMILES string of the molecule is CO[C@@H]1C[C@@H](OC(=O)c2ccccc2)[C@H](OC(=O)c2ccccc2)[C@@H](COC(=O)c2ccccc2)O1. The molecule has 1 aliphatic rings. The monoisotopic (exact) mass is 490 g/mol. The van der Waals surface area contributed by atoms with Gasteiger partial charge in [0.1, 0.15) is 18.8 Å². The fourth-order valence-corrected chi connectivity index (χ4v) is 3.81. The van der Waals surface area contributed by atoms with Crippen molar-refractivity contribution < 1.29 is 38.1 Å². The van der Waals surface area contributed by atoms with Crippen LogP contribution in [0.25, 0.3) is 0 Å². The van der Waals surface area contributed by atoms with E-state index in [4.69, 9.17) is 23.7 Å². The quantitative estimate of drug-likeness (QED) is 0.345. The average Bonchev–Trinajstić information content (AvgIpc) is 2.94. The molecule has 8 nitrogen and oxygen atoms in total. The first kappa shape index (κ1) is 25.1. The Balaban J connectivity index is 1.56. The number of rotatable bonds is 8. The highest BCUT2D eigenvalue weighted by atomic mass is 16.7. The first-order valence-electron chi connectivity index (χ1n) is 11.5. The normalized spacial score (nSPS) is 21.2. The van der Waals surface area contributed by atoms with E-state index in [1.807, 2.05) is 0 Å². The summed E-state index contributed by atoms with van der Waals surface area (Å²) in [6, 6.07) is 25.4. The smallest absolute Gasteiger partial charge is 0.338 e. The van der Waals surface area contributed by atoms with E-state index in [0.717, 1.165) is 0 Å². The van der Waals surface area contributed by atoms with E-state index in [1.54, 1.807) is 91.0 Å². The Morgan fingerprint density at radius 2 is 1.19 bits per heavy atom. The van der Waals surface area contributed by atoms with Gasteiger partial charge in [0.2, 0.25) is 0 Å². The first-order chi connectivity index (χ1) is 17.5. The van der Waals surface area contributed by atoms with Crippen LogP contribution in [-0.4, -0.2) is 56.2 Å². The Hall–Kier alpha value is -4.01. The number of esters is 3. The maximum atomic E-state index is 12.9. The standard InChI is InChI=1S/C28H26O8/c1-32-24-17-22(35-27(30)20-13-7-3-8-14-20)25(36-28(31)21-15-9-4-10-16-21)23(34-24)18-33-26(29)19-11-5-2-6-12-19/h2-16,22-25H,17-18H2,1H3/t22-,23-,24+,25+/m1/s1. The Morgan fingerprint density at radius 3 is 1.69 bits per heavy atom. The molecule has 0 aromatic heterocycles. The maximum Gasteiger partial charge on any atom is 0.338 e. The van der Waals surface area contributed by atoms with Crippen LogP contribution in [0.1, 0.15) is 37.5 Å². The van der Waals surface area contributed by atoms with Crippen LogP contribution in [0.2, 0.25) is 0 Å². The number of methoxy groups -OCH3 is 1. The summed E-state index contributed by atoms with van der Waals surface area (Å²) in [6.07, 6.45) is -3.57. The van der Waals surface area contributed by atoms with Gasteiger partial charge >= 0.3 is 17.9 Å². The highest BCUT2D eigenvalue weighted by molar-refractivity contribution is 5.90. The Labute approximate surface area is 208 Å². The van der Waals surface area contributed by atoms with E-state index in [9.17, 15) is 14.4 Å². The lowest BCUT2D eigenvalue weighted by Gasteiger charge is -2.39. The molecule has 1 saturated heterocycles. The third-order valence-corrected chi connectivity index (χ3v) is 5.66. The fourth-order valence-electron chi connectivity index (χ4n) is 3.81. The van der Waals surface area contributed by atoms with Gasteiger partial charge in [-0.05, 0) is 36.4 Å². The zero-order valence-electron chi connectivity index (χ0n) is 19.6. The molecule has 1 fully saturated rings. The van der Waals surface area contributed by atoms with Crippen LogP contribution in [0.5, 0.6) is 0 Å². The van der Waals surface area contributed by atoms with Gasteiger partial charge in [0, 0.05) is 13.5 Å². The summed E-state index contributed by atoms with van der Waals surface area (Å²) in [5.74, 6) is -1.77. The molecule has 186 valence electrons. The topological polar surface area (TPSA) is 97.4 Å². The van der Waals surface area contributed by atoms with E-state index < -0.39 is 42.5 Å². The minimum atomic E-state index is -1.06. The van der Waals surface area contributed by atoms with E-state index in [2.05, 4.69) is 0 Å². The Kier molecular flexibility index (Phi) is 8.44. The summed E-state index contributed by atoms with van der Waals surface area (Å²) < 4.78 is 28.3. The molecule has 0 saturated carbocycles. The van der Waals surface area contributed by atoms with Crippen LogP contribution in [0.15, 0.2) is 91.0 Å². The molecule has 0 radical (unpaired) electrons. The van der Waals surface area contributed by atoms with E-state index >= 15 is 0 Å². The van der Waals surface area contributed by atoms with Crippen LogP contribution < -0.4 is 0 Å². The van der Waals surface area contributed by atoms with Gasteiger partial charge in [-0.1, -0.05) is 54.6 Å². The Bertz CT molecular complexity index is 1150. The number of ether oxygens (including phenoxy) is 5. The van der Waals surface area contributed by atoms with Gasteiger partial charge in [-0.2, -0.15) is 0 Å². The summed E-state index contributed by atoms with van der Waals surface area (Å²) in [5.41, 5.74) is 1.03. The molecule has 36 heavy (non-hydrogen) atoms. The second-order valence-corrected chi connectivity index (χ2v) is 8.09. The molecule has 0 spiro atoms. The lowest BCUT2D eigenvalue weighted by atomic mass is 10.0. The highest BCUT2D eigenvalue weighted by Gasteiger charge is 2.44. The van der Waals surface area contributed by atoms with Crippen LogP contribution in [0.4, 0.5) is 0 Å². The van der Waals surface area contributed by atoms with Crippen molar-refractivity contribution in [1.82, 2.24) is 0 Å². The van der Waals surface area contributed by atoms with Crippen LogP contribution in [0, 0.1) is 0 Å². The largest absolute Gasteiger partial charge is 0.459 e. The zero-order chi connectivity index (χ0) is 25.3. The molecule has 3 aromatic carbocycles. The minimum Gasteiger partial charge on any atom is -0.459 e. The second kappa shape index (κ2) is 12.1. The Morgan fingerprint density at radius 1 is 0.722 bits per heavy atom.